The Balaban J connectivity index is 1.81. The van der Waals surface area contributed by atoms with Crippen molar-refractivity contribution in [2.75, 3.05) is 7.11 Å². The number of hydrogen-bond acceptors (Lipinski definition) is 6. The summed E-state index contributed by atoms with van der Waals surface area (Å²) < 4.78 is 16.1. The molecule has 1 aromatic carbocycles. The van der Waals surface area contributed by atoms with Gasteiger partial charge in [0.15, 0.2) is 0 Å². The second-order valence-corrected chi connectivity index (χ2v) is 10.3. The van der Waals surface area contributed by atoms with Gasteiger partial charge in [-0.25, -0.2) is 4.79 Å². The number of benzene rings is 1. The van der Waals surface area contributed by atoms with Crippen molar-refractivity contribution >= 4 is 18.0 Å². The molecule has 2 amide bonds. The first-order valence-electron chi connectivity index (χ1n) is 12.0. The summed E-state index contributed by atoms with van der Waals surface area (Å²) in [4.78, 5) is 34.8. The van der Waals surface area contributed by atoms with Gasteiger partial charge in [-0.15, -0.1) is 0 Å². The lowest BCUT2D eigenvalue weighted by Crippen LogP contribution is -2.45. The third kappa shape index (κ3) is 10.1. The fraction of sp³-hybridized carbons (Fsp3) is 0.654. The Morgan fingerprint density at radius 3 is 2.26 bits per heavy atom. The van der Waals surface area contributed by atoms with Crippen LogP contribution in [0.2, 0.25) is 0 Å². The Morgan fingerprint density at radius 1 is 1.09 bits per heavy atom. The Morgan fingerprint density at radius 2 is 1.71 bits per heavy atom. The lowest BCUT2D eigenvalue weighted by Gasteiger charge is -2.34. The first kappa shape index (κ1) is 27.6. The molecule has 1 fully saturated rings. The molecule has 1 aromatic rings. The van der Waals surface area contributed by atoms with Gasteiger partial charge in [-0.3, -0.25) is 9.59 Å². The monoisotopic (exact) mass is 476 g/mol. The van der Waals surface area contributed by atoms with Crippen molar-refractivity contribution in [1.29, 1.82) is 0 Å². The van der Waals surface area contributed by atoms with Gasteiger partial charge in [0, 0.05) is 12.8 Å². The number of esters is 1. The molecule has 1 aliphatic rings. The number of primary amides is 1. The number of carbonyl (C=O) groups excluding carboxylic acids is 3. The zero-order valence-electron chi connectivity index (χ0n) is 21.1. The minimum Gasteiger partial charge on any atom is -0.469 e. The van der Waals surface area contributed by atoms with E-state index in [0.29, 0.717) is 31.3 Å². The highest BCUT2D eigenvalue weighted by molar-refractivity contribution is 5.74. The minimum atomic E-state index is -0.619. The molecule has 1 aliphatic carbocycles. The Bertz CT molecular complexity index is 812. The van der Waals surface area contributed by atoms with Crippen molar-refractivity contribution in [1.82, 2.24) is 5.32 Å². The summed E-state index contributed by atoms with van der Waals surface area (Å²) in [6, 6.07) is 7.91. The highest BCUT2D eigenvalue weighted by Gasteiger charge is 2.31. The summed E-state index contributed by atoms with van der Waals surface area (Å²) in [5.74, 6) is 0.507. The molecule has 0 aliphatic heterocycles. The fourth-order valence-corrected chi connectivity index (χ4v) is 4.16. The van der Waals surface area contributed by atoms with Gasteiger partial charge in [0.25, 0.3) is 0 Å². The van der Waals surface area contributed by atoms with E-state index in [1.807, 2.05) is 19.1 Å². The van der Waals surface area contributed by atoms with E-state index in [2.05, 4.69) is 17.4 Å². The maximum atomic E-state index is 12.2. The van der Waals surface area contributed by atoms with E-state index >= 15 is 0 Å². The van der Waals surface area contributed by atoms with Gasteiger partial charge in [-0.1, -0.05) is 24.3 Å². The van der Waals surface area contributed by atoms with Crippen molar-refractivity contribution in [3.8, 4) is 0 Å². The van der Waals surface area contributed by atoms with Crippen LogP contribution in [0.4, 0.5) is 4.79 Å². The van der Waals surface area contributed by atoms with Gasteiger partial charge in [0.1, 0.15) is 5.60 Å². The smallest absolute Gasteiger partial charge is 0.407 e. The van der Waals surface area contributed by atoms with Crippen LogP contribution in [-0.4, -0.2) is 42.8 Å². The van der Waals surface area contributed by atoms with Crippen LogP contribution in [-0.2, 0) is 36.8 Å². The average Bonchev–Trinajstić information content (AvgIpc) is 2.72. The quantitative estimate of drug-likeness (QED) is 0.442. The van der Waals surface area contributed by atoms with Crippen molar-refractivity contribution in [3.63, 3.8) is 0 Å². The molecule has 8 nitrogen and oxygen atoms in total. The van der Waals surface area contributed by atoms with Gasteiger partial charge in [0.05, 0.1) is 25.9 Å². The van der Waals surface area contributed by atoms with Crippen LogP contribution >= 0.6 is 0 Å². The summed E-state index contributed by atoms with van der Waals surface area (Å²) in [7, 11) is 1.43. The zero-order chi connectivity index (χ0) is 25.3. The summed E-state index contributed by atoms with van der Waals surface area (Å²) in [5.41, 5.74) is 6.97. The van der Waals surface area contributed by atoms with Crippen LogP contribution in [0.25, 0.3) is 0 Å². The first-order valence-corrected chi connectivity index (χ1v) is 12.0. The number of carbonyl (C=O) groups is 3. The van der Waals surface area contributed by atoms with E-state index in [-0.39, 0.29) is 18.5 Å². The standard InChI is InChI=1S/C26H40N2O6/c1-17(22(10-11-23(27)29)28-25(31)34-26(2,3)4)33-16-19-8-6-18(7-9-19)12-20-13-21(14-20)15-24(30)32-5/h6-9,17,20-22H,10-16H2,1-5H3,(H2,27,29)(H,28,31)/t17-,20?,21?,22+/m1/s1. The number of amides is 2. The largest absolute Gasteiger partial charge is 0.469 e. The number of nitrogens with one attached hydrogen (secondary N) is 1. The molecule has 0 unspecified atom stereocenters. The van der Waals surface area contributed by atoms with Crippen molar-refractivity contribution in [3.05, 3.63) is 35.4 Å². The van der Waals surface area contributed by atoms with Gasteiger partial charge in [-0.2, -0.15) is 0 Å². The van der Waals surface area contributed by atoms with Gasteiger partial charge in [-0.05, 0) is 76.3 Å². The van der Waals surface area contributed by atoms with E-state index in [1.165, 1.54) is 12.7 Å². The van der Waals surface area contributed by atoms with Gasteiger partial charge >= 0.3 is 12.1 Å². The molecule has 0 spiro atoms. The van der Waals surface area contributed by atoms with Crippen molar-refractivity contribution in [2.24, 2.45) is 17.6 Å². The number of nitrogens with two attached hydrogens (primary N) is 1. The number of alkyl carbamates (subject to hydrolysis) is 1. The van der Waals surface area contributed by atoms with Crippen LogP contribution in [0.5, 0.6) is 0 Å². The molecule has 0 heterocycles. The molecule has 1 saturated carbocycles. The highest BCUT2D eigenvalue weighted by Crippen LogP contribution is 2.38. The van der Waals surface area contributed by atoms with Gasteiger partial charge in [0.2, 0.25) is 5.91 Å². The molecule has 2 rings (SSSR count). The number of hydrogen-bond donors (Lipinski definition) is 2. The molecule has 190 valence electrons. The highest BCUT2D eigenvalue weighted by atomic mass is 16.6. The molecular formula is C26H40N2O6. The summed E-state index contributed by atoms with van der Waals surface area (Å²) in [6.07, 6.45) is 3.27. The third-order valence-corrected chi connectivity index (χ3v) is 6.05. The molecule has 2 atom stereocenters. The van der Waals surface area contributed by atoms with Crippen LogP contribution in [0, 0.1) is 11.8 Å². The van der Waals surface area contributed by atoms with Crippen LogP contribution < -0.4 is 11.1 Å². The number of rotatable bonds is 12. The predicted molar refractivity (Wildman–Crippen MR) is 129 cm³/mol. The Kier molecular flexibility index (Phi) is 10.4. The molecule has 3 N–H and O–H groups in total. The third-order valence-electron chi connectivity index (χ3n) is 6.05. The zero-order valence-corrected chi connectivity index (χ0v) is 21.1. The molecule has 0 bridgehead atoms. The van der Waals surface area contributed by atoms with Crippen LogP contribution in [0.3, 0.4) is 0 Å². The van der Waals surface area contributed by atoms with Crippen LogP contribution in [0.15, 0.2) is 24.3 Å². The predicted octanol–water partition coefficient (Wildman–Crippen LogP) is 3.88. The van der Waals surface area contributed by atoms with Crippen LogP contribution in [0.1, 0.15) is 70.9 Å². The van der Waals surface area contributed by atoms with E-state index in [4.69, 9.17) is 19.9 Å². The summed E-state index contributed by atoms with van der Waals surface area (Å²) in [6.45, 7) is 7.62. The van der Waals surface area contributed by atoms with E-state index in [0.717, 1.165) is 24.8 Å². The molecular weight excluding hydrogens is 436 g/mol. The Hall–Kier alpha value is -2.61. The number of methoxy groups -OCH3 is 1. The SMILES string of the molecule is COC(=O)CC1CC(Cc2ccc(CO[C@H](C)[C@H](CCC(N)=O)NC(=O)OC(C)(C)C)cc2)C1. The second kappa shape index (κ2) is 12.7. The van der Waals surface area contributed by atoms with Crippen molar-refractivity contribution in [2.45, 2.75) is 90.6 Å². The lowest BCUT2D eigenvalue weighted by molar-refractivity contribution is -0.142. The molecule has 0 radical (unpaired) electrons. The second-order valence-electron chi connectivity index (χ2n) is 10.3. The fourth-order valence-electron chi connectivity index (χ4n) is 4.16. The van der Waals surface area contributed by atoms with E-state index in [1.54, 1.807) is 20.8 Å². The Labute approximate surface area is 202 Å². The normalized spacial score (nSPS) is 19.4. The first-order chi connectivity index (χ1) is 15.9. The number of ether oxygens (including phenoxy) is 3. The lowest BCUT2D eigenvalue weighted by atomic mass is 9.71. The minimum absolute atomic E-state index is 0.125. The summed E-state index contributed by atoms with van der Waals surface area (Å²) in [5, 5.41) is 2.80. The summed E-state index contributed by atoms with van der Waals surface area (Å²) >= 11 is 0. The topological polar surface area (TPSA) is 117 Å². The van der Waals surface area contributed by atoms with E-state index in [9.17, 15) is 14.4 Å². The average molecular weight is 477 g/mol. The molecule has 0 aromatic heterocycles. The molecule has 8 heteroatoms. The van der Waals surface area contributed by atoms with Gasteiger partial charge < -0.3 is 25.3 Å². The van der Waals surface area contributed by atoms with E-state index < -0.39 is 23.6 Å². The maximum absolute atomic E-state index is 12.2. The molecule has 0 saturated heterocycles. The molecule has 34 heavy (non-hydrogen) atoms. The van der Waals surface area contributed by atoms with Crippen molar-refractivity contribution < 1.29 is 28.6 Å². The maximum Gasteiger partial charge on any atom is 0.407 e.